The number of fused-ring (bicyclic) bond motifs is 1. The Morgan fingerprint density at radius 1 is 1.06 bits per heavy atom. The second kappa shape index (κ2) is 8.69. The molecule has 0 spiro atoms. The van der Waals surface area contributed by atoms with Crippen LogP contribution in [0.2, 0.25) is 0 Å². The molecule has 0 aliphatic heterocycles. The molecule has 0 atom stereocenters. The van der Waals surface area contributed by atoms with Gasteiger partial charge in [-0.2, -0.15) is 0 Å². The predicted octanol–water partition coefficient (Wildman–Crippen LogP) is 6.53. The molecule has 31 heavy (non-hydrogen) atoms. The number of rotatable bonds is 6. The second-order valence-corrected chi connectivity index (χ2v) is 9.37. The van der Waals surface area contributed by atoms with E-state index in [-0.39, 0.29) is 5.91 Å². The van der Waals surface area contributed by atoms with Gasteiger partial charge in [-0.3, -0.25) is 4.79 Å². The summed E-state index contributed by atoms with van der Waals surface area (Å²) in [5.74, 6) is 0.895. The molecule has 5 nitrogen and oxygen atoms in total. The number of hydrogen-bond acceptors (Lipinski definition) is 5. The van der Waals surface area contributed by atoms with Crippen LogP contribution in [-0.2, 0) is 4.79 Å². The van der Waals surface area contributed by atoms with Gasteiger partial charge < -0.3 is 14.8 Å². The Morgan fingerprint density at radius 3 is 2.52 bits per heavy atom. The Labute approximate surface area is 193 Å². The van der Waals surface area contributed by atoms with Crippen molar-refractivity contribution in [2.24, 2.45) is 0 Å². The van der Waals surface area contributed by atoms with E-state index in [2.05, 4.69) is 21.2 Å². The van der Waals surface area contributed by atoms with E-state index in [9.17, 15) is 4.79 Å². The van der Waals surface area contributed by atoms with Crippen molar-refractivity contribution in [1.29, 1.82) is 0 Å². The van der Waals surface area contributed by atoms with Gasteiger partial charge >= 0.3 is 0 Å². The Morgan fingerprint density at radius 2 is 1.81 bits per heavy atom. The van der Waals surface area contributed by atoms with Crippen LogP contribution in [0.3, 0.4) is 0 Å². The number of hydrogen-bond donors (Lipinski definition) is 1. The van der Waals surface area contributed by atoms with Gasteiger partial charge in [0.1, 0.15) is 16.5 Å². The van der Waals surface area contributed by atoms with E-state index in [0.717, 1.165) is 25.3 Å². The van der Waals surface area contributed by atoms with Crippen molar-refractivity contribution < 1.29 is 14.3 Å². The first-order valence-electron chi connectivity index (χ1n) is 9.66. The van der Waals surface area contributed by atoms with Gasteiger partial charge in [0, 0.05) is 10.0 Å². The number of thiazole rings is 1. The summed E-state index contributed by atoms with van der Waals surface area (Å²) in [6, 6.07) is 21.0. The van der Waals surface area contributed by atoms with Crippen molar-refractivity contribution in [3.8, 4) is 22.1 Å². The summed E-state index contributed by atoms with van der Waals surface area (Å²) in [6.07, 6.45) is 0. The molecule has 1 N–H and O–H groups in total. The number of ether oxygens (including phenoxy) is 2. The van der Waals surface area contributed by atoms with Crippen LogP contribution in [-0.4, -0.2) is 23.6 Å². The molecule has 0 bridgehead atoms. The SMILES string of the molecule is COc1ccc(-c2nc3ccccc3s2)cc1NC(=O)C(C)(C)Oc1ccc(Br)cc1. The lowest BCUT2D eigenvalue weighted by Crippen LogP contribution is -2.42. The number of para-hydroxylation sites is 1. The highest BCUT2D eigenvalue weighted by atomic mass is 79.9. The van der Waals surface area contributed by atoms with E-state index in [1.165, 1.54) is 0 Å². The zero-order valence-electron chi connectivity index (χ0n) is 17.3. The van der Waals surface area contributed by atoms with Crippen LogP contribution in [0.5, 0.6) is 11.5 Å². The summed E-state index contributed by atoms with van der Waals surface area (Å²) in [5, 5.41) is 3.84. The van der Waals surface area contributed by atoms with Gasteiger partial charge in [-0.25, -0.2) is 4.98 Å². The lowest BCUT2D eigenvalue weighted by atomic mass is 10.1. The lowest BCUT2D eigenvalue weighted by molar-refractivity contribution is -0.128. The van der Waals surface area contributed by atoms with E-state index < -0.39 is 5.60 Å². The number of halogens is 1. The molecule has 158 valence electrons. The minimum absolute atomic E-state index is 0.282. The number of anilines is 1. The van der Waals surface area contributed by atoms with Crippen LogP contribution >= 0.6 is 27.3 Å². The first kappa shape index (κ1) is 21.3. The number of carbonyl (C=O) groups is 1. The molecule has 0 unspecified atom stereocenters. The number of aromatic nitrogens is 1. The predicted molar refractivity (Wildman–Crippen MR) is 129 cm³/mol. The van der Waals surface area contributed by atoms with Gasteiger partial charge in [-0.05, 0) is 68.4 Å². The molecule has 0 saturated carbocycles. The second-order valence-electron chi connectivity index (χ2n) is 7.42. The molecule has 0 saturated heterocycles. The standard InChI is InChI=1S/C24H21BrN2O3S/c1-24(2,30-17-11-9-16(25)10-12-17)23(28)27-19-14-15(8-13-20(19)29-3)22-26-18-6-4-5-7-21(18)31-22/h4-14H,1-3H3,(H,27,28). The Balaban J connectivity index is 1.59. The van der Waals surface area contributed by atoms with Crippen molar-refractivity contribution in [2.75, 3.05) is 12.4 Å². The first-order valence-corrected chi connectivity index (χ1v) is 11.3. The highest BCUT2D eigenvalue weighted by molar-refractivity contribution is 9.10. The smallest absolute Gasteiger partial charge is 0.268 e. The molecule has 0 fully saturated rings. The summed E-state index contributed by atoms with van der Waals surface area (Å²) in [6.45, 7) is 3.46. The zero-order valence-corrected chi connectivity index (χ0v) is 19.7. The van der Waals surface area contributed by atoms with Crippen LogP contribution in [0.1, 0.15) is 13.8 Å². The number of carbonyl (C=O) groups excluding carboxylic acids is 1. The molecule has 4 rings (SSSR count). The van der Waals surface area contributed by atoms with Gasteiger partial charge in [0.05, 0.1) is 23.0 Å². The van der Waals surface area contributed by atoms with Crippen LogP contribution < -0.4 is 14.8 Å². The van der Waals surface area contributed by atoms with Gasteiger partial charge in [0.2, 0.25) is 0 Å². The summed E-state index contributed by atoms with van der Waals surface area (Å²) < 4.78 is 13.5. The van der Waals surface area contributed by atoms with E-state index >= 15 is 0 Å². The Bertz CT molecular complexity index is 1200. The Hall–Kier alpha value is -2.90. The minimum atomic E-state index is -1.09. The monoisotopic (exact) mass is 496 g/mol. The summed E-state index contributed by atoms with van der Waals surface area (Å²) in [5.41, 5.74) is 1.33. The molecule has 0 aliphatic carbocycles. The molecule has 4 aromatic rings. The van der Waals surface area contributed by atoms with Crippen LogP contribution in [0, 0.1) is 0 Å². The van der Waals surface area contributed by atoms with E-state index in [0.29, 0.717) is 17.2 Å². The number of amides is 1. The van der Waals surface area contributed by atoms with Crippen LogP contribution in [0.25, 0.3) is 20.8 Å². The quantitative estimate of drug-likeness (QED) is 0.329. The average molecular weight is 497 g/mol. The fourth-order valence-electron chi connectivity index (χ4n) is 3.05. The molecule has 3 aromatic carbocycles. The highest BCUT2D eigenvalue weighted by Gasteiger charge is 2.31. The van der Waals surface area contributed by atoms with E-state index in [4.69, 9.17) is 14.5 Å². The van der Waals surface area contributed by atoms with Crippen LogP contribution in [0.15, 0.2) is 71.2 Å². The molecule has 1 amide bonds. The molecule has 1 aromatic heterocycles. The highest BCUT2D eigenvalue weighted by Crippen LogP contribution is 2.35. The largest absolute Gasteiger partial charge is 0.495 e. The number of nitrogens with one attached hydrogen (secondary N) is 1. The van der Waals surface area contributed by atoms with Gasteiger partial charge in [-0.1, -0.05) is 28.1 Å². The normalized spacial score (nSPS) is 11.4. The minimum Gasteiger partial charge on any atom is -0.495 e. The third-order valence-corrected chi connectivity index (χ3v) is 6.34. The number of methoxy groups -OCH3 is 1. The molecule has 0 radical (unpaired) electrons. The molecule has 0 aliphatic rings. The maximum atomic E-state index is 13.0. The summed E-state index contributed by atoms with van der Waals surface area (Å²) >= 11 is 5.00. The topological polar surface area (TPSA) is 60.5 Å². The third kappa shape index (κ3) is 4.73. The fraction of sp³-hybridized carbons (Fsp3) is 0.167. The molecular formula is C24H21BrN2O3S. The van der Waals surface area contributed by atoms with Crippen molar-refractivity contribution in [2.45, 2.75) is 19.4 Å². The van der Waals surface area contributed by atoms with Crippen molar-refractivity contribution >= 4 is 49.1 Å². The van der Waals surface area contributed by atoms with Crippen molar-refractivity contribution in [3.63, 3.8) is 0 Å². The summed E-state index contributed by atoms with van der Waals surface area (Å²) in [7, 11) is 1.58. The number of benzene rings is 3. The van der Waals surface area contributed by atoms with Gasteiger partial charge in [-0.15, -0.1) is 11.3 Å². The van der Waals surface area contributed by atoms with E-state index in [1.54, 1.807) is 32.3 Å². The van der Waals surface area contributed by atoms with Crippen LogP contribution in [0.4, 0.5) is 5.69 Å². The van der Waals surface area contributed by atoms with Gasteiger partial charge in [0.15, 0.2) is 5.60 Å². The van der Waals surface area contributed by atoms with Gasteiger partial charge in [0.25, 0.3) is 5.91 Å². The average Bonchev–Trinajstić information content (AvgIpc) is 3.19. The maximum Gasteiger partial charge on any atom is 0.268 e. The zero-order chi connectivity index (χ0) is 22.0. The first-order chi connectivity index (χ1) is 14.9. The Kier molecular flexibility index (Phi) is 5.98. The van der Waals surface area contributed by atoms with Crippen molar-refractivity contribution in [1.82, 2.24) is 4.98 Å². The molecule has 7 heteroatoms. The molecular weight excluding hydrogens is 476 g/mol. The fourth-order valence-corrected chi connectivity index (χ4v) is 4.28. The lowest BCUT2D eigenvalue weighted by Gasteiger charge is -2.26. The third-order valence-electron chi connectivity index (χ3n) is 4.72. The van der Waals surface area contributed by atoms with E-state index in [1.807, 2.05) is 66.7 Å². The molecule has 1 heterocycles. The van der Waals surface area contributed by atoms with Crippen molar-refractivity contribution in [3.05, 3.63) is 71.2 Å². The maximum absolute atomic E-state index is 13.0. The summed E-state index contributed by atoms with van der Waals surface area (Å²) in [4.78, 5) is 17.8. The number of nitrogens with zero attached hydrogens (tertiary/aromatic N) is 1.